The second-order valence-corrected chi connectivity index (χ2v) is 9.59. The van der Waals surface area contributed by atoms with Crippen molar-refractivity contribution in [3.05, 3.63) is 84.1 Å². The van der Waals surface area contributed by atoms with E-state index in [0.29, 0.717) is 23.2 Å². The summed E-state index contributed by atoms with van der Waals surface area (Å²) >= 11 is 1.27. The SMILES string of the molecule is CC(C)(C)c1ccc(-c2nnc(SCC(=O)Nc3cccc(F)c3)n2Cc2ccco2)cc1. The van der Waals surface area contributed by atoms with Gasteiger partial charge in [-0.15, -0.1) is 10.2 Å². The maximum atomic E-state index is 13.4. The summed E-state index contributed by atoms with van der Waals surface area (Å²) in [5.41, 5.74) is 2.62. The van der Waals surface area contributed by atoms with Gasteiger partial charge in [-0.1, -0.05) is 62.9 Å². The van der Waals surface area contributed by atoms with Crippen molar-refractivity contribution in [2.24, 2.45) is 0 Å². The standard InChI is InChI=1S/C25H25FN4O2S/c1-25(2,3)18-11-9-17(10-12-18)23-28-29-24(30(23)15-21-8-5-13-32-21)33-16-22(31)27-20-7-4-6-19(26)14-20/h4-14H,15-16H2,1-3H3,(H,27,31). The number of benzene rings is 2. The summed E-state index contributed by atoms with van der Waals surface area (Å²) in [5, 5.41) is 12.0. The molecule has 6 nitrogen and oxygen atoms in total. The van der Waals surface area contributed by atoms with E-state index in [-0.39, 0.29) is 17.1 Å². The molecule has 0 aliphatic rings. The molecule has 2 aromatic carbocycles. The minimum absolute atomic E-state index is 0.0520. The number of carbonyl (C=O) groups is 1. The Kier molecular flexibility index (Phi) is 6.65. The molecule has 0 saturated heterocycles. The number of nitrogens with zero attached hydrogens (tertiary/aromatic N) is 3. The average molecular weight is 465 g/mol. The molecule has 4 aromatic rings. The average Bonchev–Trinajstić information content (AvgIpc) is 3.42. The number of hydrogen-bond acceptors (Lipinski definition) is 5. The van der Waals surface area contributed by atoms with Crippen LogP contribution in [0.2, 0.25) is 0 Å². The Morgan fingerprint density at radius 2 is 1.88 bits per heavy atom. The summed E-state index contributed by atoms with van der Waals surface area (Å²) in [4.78, 5) is 12.4. The fourth-order valence-corrected chi connectivity index (χ4v) is 4.06. The summed E-state index contributed by atoms with van der Waals surface area (Å²) in [6.07, 6.45) is 1.62. The molecule has 170 valence electrons. The Balaban J connectivity index is 1.55. The molecule has 2 aromatic heterocycles. The van der Waals surface area contributed by atoms with Gasteiger partial charge in [-0.05, 0) is 41.3 Å². The second kappa shape index (κ2) is 9.62. The minimum atomic E-state index is -0.402. The van der Waals surface area contributed by atoms with E-state index in [1.54, 1.807) is 18.4 Å². The van der Waals surface area contributed by atoms with Crippen LogP contribution in [0.5, 0.6) is 0 Å². The number of nitrogens with one attached hydrogen (secondary N) is 1. The van der Waals surface area contributed by atoms with Crippen molar-refractivity contribution < 1.29 is 13.6 Å². The van der Waals surface area contributed by atoms with Crippen molar-refractivity contribution in [1.29, 1.82) is 0 Å². The molecule has 0 bridgehead atoms. The lowest BCUT2D eigenvalue weighted by Crippen LogP contribution is -2.15. The van der Waals surface area contributed by atoms with E-state index in [2.05, 4.69) is 48.4 Å². The fraction of sp³-hybridized carbons (Fsp3) is 0.240. The van der Waals surface area contributed by atoms with E-state index in [1.165, 1.54) is 29.5 Å². The van der Waals surface area contributed by atoms with Crippen LogP contribution in [0.15, 0.2) is 76.5 Å². The molecule has 0 radical (unpaired) electrons. The van der Waals surface area contributed by atoms with Crippen molar-refractivity contribution >= 4 is 23.4 Å². The number of aromatic nitrogens is 3. The smallest absolute Gasteiger partial charge is 0.234 e. The highest BCUT2D eigenvalue weighted by Gasteiger charge is 2.19. The van der Waals surface area contributed by atoms with Crippen LogP contribution in [-0.4, -0.2) is 26.4 Å². The van der Waals surface area contributed by atoms with Gasteiger partial charge in [0.2, 0.25) is 5.91 Å². The Morgan fingerprint density at radius 3 is 2.55 bits per heavy atom. The fourth-order valence-electron chi connectivity index (χ4n) is 3.32. The first-order valence-electron chi connectivity index (χ1n) is 10.5. The Hall–Kier alpha value is -3.39. The highest BCUT2D eigenvalue weighted by atomic mass is 32.2. The summed E-state index contributed by atoms with van der Waals surface area (Å²) in [5.74, 6) is 0.902. The summed E-state index contributed by atoms with van der Waals surface area (Å²) < 4.78 is 20.8. The zero-order valence-corrected chi connectivity index (χ0v) is 19.5. The van der Waals surface area contributed by atoms with Gasteiger partial charge >= 0.3 is 0 Å². The predicted octanol–water partition coefficient (Wildman–Crippen LogP) is 5.75. The third-order valence-electron chi connectivity index (χ3n) is 5.06. The van der Waals surface area contributed by atoms with E-state index in [9.17, 15) is 9.18 Å². The number of hydrogen-bond donors (Lipinski definition) is 1. The van der Waals surface area contributed by atoms with E-state index < -0.39 is 5.82 Å². The molecule has 0 spiro atoms. The molecular formula is C25H25FN4O2S. The van der Waals surface area contributed by atoms with Crippen molar-refractivity contribution in [3.8, 4) is 11.4 Å². The first-order chi connectivity index (χ1) is 15.8. The van der Waals surface area contributed by atoms with Gasteiger partial charge in [0.15, 0.2) is 11.0 Å². The van der Waals surface area contributed by atoms with E-state index in [1.807, 2.05) is 28.8 Å². The second-order valence-electron chi connectivity index (χ2n) is 8.65. The molecular weight excluding hydrogens is 439 g/mol. The molecule has 33 heavy (non-hydrogen) atoms. The van der Waals surface area contributed by atoms with Crippen molar-refractivity contribution in [3.63, 3.8) is 0 Å². The number of carbonyl (C=O) groups excluding carboxylic acids is 1. The Bertz CT molecular complexity index is 1230. The van der Waals surface area contributed by atoms with Gasteiger partial charge in [-0.2, -0.15) is 0 Å². The van der Waals surface area contributed by atoms with Gasteiger partial charge in [0.25, 0.3) is 0 Å². The first-order valence-corrected chi connectivity index (χ1v) is 11.5. The van der Waals surface area contributed by atoms with E-state index in [0.717, 1.165) is 11.3 Å². The number of halogens is 1. The molecule has 0 atom stereocenters. The zero-order valence-electron chi connectivity index (χ0n) is 18.7. The lowest BCUT2D eigenvalue weighted by Gasteiger charge is -2.19. The van der Waals surface area contributed by atoms with Crippen LogP contribution in [0.1, 0.15) is 32.1 Å². The monoisotopic (exact) mass is 464 g/mol. The lowest BCUT2D eigenvalue weighted by atomic mass is 9.87. The lowest BCUT2D eigenvalue weighted by molar-refractivity contribution is -0.113. The van der Waals surface area contributed by atoms with Gasteiger partial charge in [0.1, 0.15) is 11.6 Å². The van der Waals surface area contributed by atoms with Crippen molar-refractivity contribution in [2.45, 2.75) is 37.9 Å². The molecule has 0 unspecified atom stereocenters. The summed E-state index contributed by atoms with van der Waals surface area (Å²) in [6.45, 7) is 6.95. The highest BCUT2D eigenvalue weighted by Crippen LogP contribution is 2.28. The van der Waals surface area contributed by atoms with Crippen LogP contribution in [0.25, 0.3) is 11.4 Å². The van der Waals surface area contributed by atoms with E-state index >= 15 is 0 Å². The van der Waals surface area contributed by atoms with Crippen LogP contribution >= 0.6 is 11.8 Å². The number of amides is 1. The molecule has 0 fully saturated rings. The molecule has 4 rings (SSSR count). The molecule has 0 aliphatic heterocycles. The quantitative estimate of drug-likeness (QED) is 0.352. The minimum Gasteiger partial charge on any atom is -0.467 e. The predicted molar refractivity (Wildman–Crippen MR) is 128 cm³/mol. The van der Waals surface area contributed by atoms with E-state index in [4.69, 9.17) is 4.42 Å². The maximum Gasteiger partial charge on any atom is 0.234 e. The Morgan fingerprint density at radius 1 is 1.09 bits per heavy atom. The molecule has 0 aliphatic carbocycles. The first kappa shape index (κ1) is 22.8. The zero-order chi connectivity index (χ0) is 23.4. The van der Waals surface area contributed by atoms with Crippen molar-refractivity contribution in [1.82, 2.24) is 14.8 Å². The maximum absolute atomic E-state index is 13.4. The largest absolute Gasteiger partial charge is 0.467 e. The van der Waals surface area contributed by atoms with Gasteiger partial charge in [0, 0.05) is 11.3 Å². The van der Waals surface area contributed by atoms with Crippen LogP contribution < -0.4 is 5.32 Å². The third kappa shape index (κ3) is 5.70. The van der Waals surface area contributed by atoms with Crippen LogP contribution in [-0.2, 0) is 16.8 Å². The molecule has 1 amide bonds. The van der Waals surface area contributed by atoms with Gasteiger partial charge in [-0.3, -0.25) is 9.36 Å². The molecule has 8 heteroatoms. The third-order valence-corrected chi connectivity index (χ3v) is 6.03. The molecule has 2 heterocycles. The van der Waals surface area contributed by atoms with Crippen LogP contribution in [0.3, 0.4) is 0 Å². The Labute approximate surface area is 196 Å². The number of thioether (sulfide) groups is 1. The number of furan rings is 1. The van der Waals surface area contributed by atoms with Crippen molar-refractivity contribution in [2.75, 3.05) is 11.1 Å². The summed E-state index contributed by atoms with van der Waals surface area (Å²) in [7, 11) is 0. The highest BCUT2D eigenvalue weighted by molar-refractivity contribution is 7.99. The summed E-state index contributed by atoms with van der Waals surface area (Å²) in [6, 6.07) is 17.8. The topological polar surface area (TPSA) is 73.0 Å². The van der Waals surface area contributed by atoms with Gasteiger partial charge in [-0.25, -0.2) is 4.39 Å². The molecule has 0 saturated carbocycles. The molecule has 1 N–H and O–H groups in total. The normalized spacial score (nSPS) is 11.5. The number of anilines is 1. The number of rotatable bonds is 7. The van der Waals surface area contributed by atoms with Gasteiger partial charge in [0.05, 0.1) is 18.6 Å². The van der Waals surface area contributed by atoms with Gasteiger partial charge < -0.3 is 9.73 Å². The van der Waals surface area contributed by atoms with Crippen LogP contribution in [0.4, 0.5) is 10.1 Å². The van der Waals surface area contributed by atoms with Crippen LogP contribution in [0, 0.1) is 5.82 Å².